The molecular formula is C18H31N5O9S. The highest BCUT2D eigenvalue weighted by Crippen LogP contribution is 2.05. The molecular weight excluding hydrogens is 462 g/mol. The molecule has 4 amide bonds. The Labute approximate surface area is 194 Å². The smallest absolute Gasteiger partial charge is 0.326 e. The zero-order valence-corrected chi connectivity index (χ0v) is 19.1. The molecule has 188 valence electrons. The summed E-state index contributed by atoms with van der Waals surface area (Å²) in [5, 5.41) is 34.1. The van der Waals surface area contributed by atoms with E-state index < -0.39 is 85.1 Å². The van der Waals surface area contributed by atoms with Crippen molar-refractivity contribution in [2.24, 2.45) is 11.5 Å². The SMILES string of the molecule is CSCCC(NC(=O)C(N)C(C)O)C(=O)NC(CC(N)=O)C(=O)NC(CCC(=O)O)C(=O)O. The maximum atomic E-state index is 12.7. The monoisotopic (exact) mass is 493 g/mol. The van der Waals surface area contributed by atoms with Crippen molar-refractivity contribution >= 4 is 47.3 Å². The van der Waals surface area contributed by atoms with Crippen LogP contribution in [-0.4, -0.2) is 93.2 Å². The van der Waals surface area contributed by atoms with Gasteiger partial charge < -0.3 is 42.7 Å². The molecule has 0 fully saturated rings. The Kier molecular flexibility index (Phi) is 13.7. The van der Waals surface area contributed by atoms with Crippen LogP contribution in [0.3, 0.4) is 0 Å². The Balaban J connectivity index is 5.49. The number of nitrogens with two attached hydrogens (primary N) is 2. The predicted octanol–water partition coefficient (Wildman–Crippen LogP) is -3.27. The van der Waals surface area contributed by atoms with Gasteiger partial charge in [-0.2, -0.15) is 11.8 Å². The highest BCUT2D eigenvalue weighted by molar-refractivity contribution is 7.98. The van der Waals surface area contributed by atoms with Crippen molar-refractivity contribution < 1.29 is 44.1 Å². The first kappa shape index (κ1) is 30.1. The highest BCUT2D eigenvalue weighted by atomic mass is 32.2. The van der Waals surface area contributed by atoms with E-state index in [4.69, 9.17) is 16.6 Å². The van der Waals surface area contributed by atoms with Gasteiger partial charge in [0.1, 0.15) is 24.2 Å². The number of aliphatic hydroxyl groups is 1. The van der Waals surface area contributed by atoms with Gasteiger partial charge in [-0.3, -0.25) is 24.0 Å². The standard InChI is InChI=1S/C18H31N5O9S/c1-8(24)14(20)17(30)21-9(5-6-33-2)15(28)23-11(7-12(19)25)16(29)22-10(18(31)32)3-4-13(26)27/h8-11,14,24H,3-7,20H2,1-2H3,(H2,19,25)(H,21,30)(H,22,29)(H,23,28)(H,26,27)(H,31,32). The molecule has 0 saturated heterocycles. The third kappa shape index (κ3) is 12.1. The van der Waals surface area contributed by atoms with E-state index >= 15 is 0 Å². The number of aliphatic carboxylic acids is 2. The van der Waals surface area contributed by atoms with Gasteiger partial charge in [-0.1, -0.05) is 0 Å². The quantitative estimate of drug-likeness (QED) is 0.106. The first-order valence-electron chi connectivity index (χ1n) is 9.86. The van der Waals surface area contributed by atoms with Crippen LogP contribution in [0.4, 0.5) is 0 Å². The average molecular weight is 494 g/mol. The van der Waals surface area contributed by atoms with Crippen LogP contribution in [0, 0.1) is 0 Å². The third-order valence-corrected chi connectivity index (χ3v) is 5.01. The second-order valence-electron chi connectivity index (χ2n) is 7.17. The lowest BCUT2D eigenvalue weighted by atomic mass is 10.1. The van der Waals surface area contributed by atoms with E-state index in [0.29, 0.717) is 5.75 Å². The fraction of sp³-hybridized carbons (Fsp3) is 0.667. The second-order valence-corrected chi connectivity index (χ2v) is 8.16. The molecule has 15 heteroatoms. The summed E-state index contributed by atoms with van der Waals surface area (Å²) in [7, 11) is 0. The number of thioether (sulfide) groups is 1. The van der Waals surface area contributed by atoms with Crippen LogP contribution in [0.15, 0.2) is 0 Å². The lowest BCUT2D eigenvalue weighted by Crippen LogP contribution is -2.58. The topological polar surface area (TPSA) is 251 Å². The summed E-state index contributed by atoms with van der Waals surface area (Å²) >= 11 is 1.37. The lowest BCUT2D eigenvalue weighted by molar-refractivity contribution is -0.143. The van der Waals surface area contributed by atoms with E-state index in [0.717, 1.165) is 0 Å². The normalized spacial score (nSPS) is 15.3. The molecule has 5 unspecified atom stereocenters. The molecule has 0 radical (unpaired) electrons. The number of aliphatic hydroxyl groups excluding tert-OH is 1. The number of carbonyl (C=O) groups excluding carboxylic acids is 4. The maximum Gasteiger partial charge on any atom is 0.326 e. The number of carbonyl (C=O) groups is 6. The zero-order chi connectivity index (χ0) is 25.7. The molecule has 0 aromatic carbocycles. The van der Waals surface area contributed by atoms with E-state index in [1.54, 1.807) is 6.26 Å². The van der Waals surface area contributed by atoms with Gasteiger partial charge in [0, 0.05) is 6.42 Å². The molecule has 0 aromatic rings. The zero-order valence-electron chi connectivity index (χ0n) is 18.3. The van der Waals surface area contributed by atoms with Crippen LogP contribution >= 0.6 is 11.8 Å². The minimum atomic E-state index is -1.59. The van der Waals surface area contributed by atoms with Crippen LogP contribution in [0.2, 0.25) is 0 Å². The molecule has 0 aliphatic carbocycles. The van der Waals surface area contributed by atoms with Crippen LogP contribution in [0.5, 0.6) is 0 Å². The molecule has 0 aromatic heterocycles. The number of carboxylic acids is 2. The van der Waals surface area contributed by atoms with Crippen molar-refractivity contribution in [2.45, 2.75) is 62.9 Å². The third-order valence-electron chi connectivity index (χ3n) is 4.37. The van der Waals surface area contributed by atoms with Crippen LogP contribution in [0.25, 0.3) is 0 Å². The van der Waals surface area contributed by atoms with Crippen molar-refractivity contribution in [3.8, 4) is 0 Å². The van der Waals surface area contributed by atoms with Gasteiger partial charge in [0.05, 0.1) is 12.5 Å². The van der Waals surface area contributed by atoms with E-state index in [9.17, 15) is 39.0 Å². The van der Waals surface area contributed by atoms with Crippen LogP contribution < -0.4 is 27.4 Å². The van der Waals surface area contributed by atoms with Crippen molar-refractivity contribution in [3.05, 3.63) is 0 Å². The first-order valence-corrected chi connectivity index (χ1v) is 11.3. The summed E-state index contributed by atoms with van der Waals surface area (Å²) in [5.74, 6) is -6.10. The molecule has 0 aliphatic heterocycles. The summed E-state index contributed by atoms with van der Waals surface area (Å²) in [6.07, 6.45) is -0.981. The minimum absolute atomic E-state index is 0.118. The Hall–Kier alpha value is -2.91. The summed E-state index contributed by atoms with van der Waals surface area (Å²) in [4.78, 5) is 70.8. The molecule has 14 nitrogen and oxygen atoms in total. The minimum Gasteiger partial charge on any atom is -0.481 e. The molecule has 10 N–H and O–H groups in total. The van der Waals surface area contributed by atoms with E-state index in [-0.39, 0.29) is 6.42 Å². The van der Waals surface area contributed by atoms with Gasteiger partial charge >= 0.3 is 11.9 Å². The summed E-state index contributed by atoms with van der Waals surface area (Å²) in [5.41, 5.74) is 10.7. The first-order chi connectivity index (χ1) is 15.3. The number of hydrogen-bond donors (Lipinski definition) is 8. The predicted molar refractivity (Wildman–Crippen MR) is 117 cm³/mol. The lowest BCUT2D eigenvalue weighted by Gasteiger charge is -2.25. The van der Waals surface area contributed by atoms with Crippen molar-refractivity contribution in [2.75, 3.05) is 12.0 Å². The molecule has 0 bridgehead atoms. The van der Waals surface area contributed by atoms with Gasteiger partial charge in [-0.05, 0) is 31.8 Å². The maximum absolute atomic E-state index is 12.7. The number of rotatable bonds is 16. The van der Waals surface area contributed by atoms with Gasteiger partial charge in [0.15, 0.2) is 0 Å². The molecule has 0 heterocycles. The van der Waals surface area contributed by atoms with Crippen LogP contribution in [-0.2, 0) is 28.8 Å². The average Bonchev–Trinajstić information content (AvgIpc) is 2.71. The Morgan fingerprint density at radius 2 is 1.39 bits per heavy atom. The molecule has 0 aliphatic rings. The number of hydrogen-bond acceptors (Lipinski definition) is 9. The van der Waals surface area contributed by atoms with Crippen molar-refractivity contribution in [3.63, 3.8) is 0 Å². The van der Waals surface area contributed by atoms with E-state index in [1.807, 2.05) is 0 Å². The molecule has 0 spiro atoms. The van der Waals surface area contributed by atoms with Crippen molar-refractivity contribution in [1.82, 2.24) is 16.0 Å². The van der Waals surface area contributed by atoms with Crippen LogP contribution in [0.1, 0.15) is 32.6 Å². The van der Waals surface area contributed by atoms with Gasteiger partial charge in [0.2, 0.25) is 23.6 Å². The summed E-state index contributed by atoms with van der Waals surface area (Å²) in [6, 6.07) is -5.66. The van der Waals surface area contributed by atoms with Gasteiger partial charge in [-0.25, -0.2) is 4.79 Å². The number of nitrogens with one attached hydrogen (secondary N) is 3. The highest BCUT2D eigenvalue weighted by Gasteiger charge is 2.31. The molecule has 0 saturated carbocycles. The Morgan fingerprint density at radius 1 is 0.879 bits per heavy atom. The summed E-state index contributed by atoms with van der Waals surface area (Å²) < 4.78 is 0. The Bertz CT molecular complexity index is 734. The van der Waals surface area contributed by atoms with E-state index in [1.165, 1.54) is 18.7 Å². The fourth-order valence-corrected chi connectivity index (χ4v) is 2.94. The second kappa shape index (κ2) is 15.0. The fourth-order valence-electron chi connectivity index (χ4n) is 2.47. The van der Waals surface area contributed by atoms with E-state index in [2.05, 4.69) is 16.0 Å². The summed E-state index contributed by atoms with van der Waals surface area (Å²) in [6.45, 7) is 1.29. The molecule has 0 rings (SSSR count). The number of amides is 4. The van der Waals surface area contributed by atoms with Gasteiger partial charge in [0.25, 0.3) is 0 Å². The Morgan fingerprint density at radius 3 is 1.85 bits per heavy atom. The number of primary amides is 1. The molecule has 33 heavy (non-hydrogen) atoms. The van der Waals surface area contributed by atoms with Crippen molar-refractivity contribution in [1.29, 1.82) is 0 Å². The largest absolute Gasteiger partial charge is 0.481 e. The molecule has 5 atom stereocenters. The van der Waals surface area contributed by atoms with Gasteiger partial charge in [-0.15, -0.1) is 0 Å². The number of carboxylic acid groups (broad SMARTS) is 2.